The quantitative estimate of drug-likeness (QED) is 0.811. The van der Waals surface area contributed by atoms with E-state index in [1.165, 1.54) is 12.8 Å². The van der Waals surface area contributed by atoms with Gasteiger partial charge in [0.25, 0.3) is 0 Å². The molecule has 0 atom stereocenters. The van der Waals surface area contributed by atoms with Crippen molar-refractivity contribution in [2.45, 2.75) is 32.4 Å². The van der Waals surface area contributed by atoms with E-state index in [0.29, 0.717) is 12.6 Å². The molecule has 0 spiro atoms. The Hall–Kier alpha value is -1.13. The Kier molecular flexibility index (Phi) is 3.97. The Labute approximate surface area is 103 Å². The largest absolute Gasteiger partial charge is 0.383 e. The molecule has 1 aliphatic rings. The van der Waals surface area contributed by atoms with Crippen LogP contribution in [0.15, 0.2) is 12.1 Å². The minimum absolute atomic E-state index is 0.540. The highest BCUT2D eigenvalue weighted by atomic mass is 16.5. The predicted molar refractivity (Wildman–Crippen MR) is 69.1 cm³/mol. The summed E-state index contributed by atoms with van der Waals surface area (Å²) in [4.78, 5) is 6.99. The number of rotatable bonds is 6. The maximum atomic E-state index is 5.79. The average molecular weight is 235 g/mol. The van der Waals surface area contributed by atoms with Crippen LogP contribution >= 0.6 is 0 Å². The lowest BCUT2D eigenvalue weighted by Gasteiger charge is -2.25. The Morgan fingerprint density at radius 2 is 2.24 bits per heavy atom. The van der Waals surface area contributed by atoms with Gasteiger partial charge in [0.2, 0.25) is 0 Å². The molecule has 17 heavy (non-hydrogen) atoms. The van der Waals surface area contributed by atoms with E-state index in [2.05, 4.69) is 16.0 Å². The Balaban J connectivity index is 2.23. The fourth-order valence-electron chi connectivity index (χ4n) is 2.02. The Bertz CT molecular complexity index is 377. The summed E-state index contributed by atoms with van der Waals surface area (Å²) in [6.45, 7) is 4.19. The number of aromatic nitrogens is 1. The number of hydrogen-bond donors (Lipinski definition) is 1. The summed E-state index contributed by atoms with van der Waals surface area (Å²) in [5.41, 5.74) is 7.96. The number of hydrogen-bond acceptors (Lipinski definition) is 4. The van der Waals surface area contributed by atoms with Crippen molar-refractivity contribution >= 4 is 5.82 Å². The van der Waals surface area contributed by atoms with Crippen LogP contribution in [0.1, 0.15) is 24.1 Å². The molecular formula is C13H21N3O. The second kappa shape index (κ2) is 5.47. The van der Waals surface area contributed by atoms with E-state index in [0.717, 1.165) is 30.2 Å². The molecule has 4 heteroatoms. The molecule has 1 aromatic rings. The van der Waals surface area contributed by atoms with Gasteiger partial charge in [-0.3, -0.25) is 0 Å². The van der Waals surface area contributed by atoms with Gasteiger partial charge in [-0.1, -0.05) is 6.07 Å². The smallest absolute Gasteiger partial charge is 0.133 e. The van der Waals surface area contributed by atoms with Gasteiger partial charge >= 0.3 is 0 Å². The monoisotopic (exact) mass is 235 g/mol. The molecule has 4 nitrogen and oxygen atoms in total. The second-order valence-electron chi connectivity index (χ2n) is 4.56. The highest BCUT2D eigenvalue weighted by molar-refractivity contribution is 5.49. The molecule has 0 saturated heterocycles. The Morgan fingerprint density at radius 3 is 2.82 bits per heavy atom. The first-order valence-corrected chi connectivity index (χ1v) is 6.18. The molecule has 2 rings (SSSR count). The van der Waals surface area contributed by atoms with Crippen LogP contribution < -0.4 is 10.6 Å². The van der Waals surface area contributed by atoms with Gasteiger partial charge in [-0.15, -0.1) is 0 Å². The predicted octanol–water partition coefficient (Wildman–Crippen LogP) is 1.46. The molecule has 0 amide bonds. The highest BCUT2D eigenvalue weighted by Crippen LogP contribution is 2.32. The van der Waals surface area contributed by atoms with Crippen molar-refractivity contribution in [3.05, 3.63) is 23.4 Å². The summed E-state index contributed by atoms with van der Waals surface area (Å²) in [6, 6.07) is 4.73. The molecule has 0 aliphatic heterocycles. The van der Waals surface area contributed by atoms with E-state index in [-0.39, 0.29) is 0 Å². The first-order valence-electron chi connectivity index (χ1n) is 6.18. The van der Waals surface area contributed by atoms with Crippen LogP contribution in [0.2, 0.25) is 0 Å². The highest BCUT2D eigenvalue weighted by Gasteiger charge is 2.30. The fourth-order valence-corrected chi connectivity index (χ4v) is 2.02. The molecule has 1 heterocycles. The second-order valence-corrected chi connectivity index (χ2v) is 4.56. The minimum atomic E-state index is 0.540. The van der Waals surface area contributed by atoms with Gasteiger partial charge in [-0.25, -0.2) is 4.98 Å². The van der Waals surface area contributed by atoms with Crippen LogP contribution in [0.3, 0.4) is 0 Å². The van der Waals surface area contributed by atoms with Gasteiger partial charge in [0.05, 0.1) is 6.61 Å². The van der Waals surface area contributed by atoms with Crippen molar-refractivity contribution in [3.63, 3.8) is 0 Å². The third kappa shape index (κ3) is 2.96. The summed E-state index contributed by atoms with van der Waals surface area (Å²) in [5, 5.41) is 0. The zero-order valence-corrected chi connectivity index (χ0v) is 10.6. The molecule has 0 radical (unpaired) electrons. The van der Waals surface area contributed by atoms with Gasteiger partial charge in [-0.2, -0.15) is 0 Å². The van der Waals surface area contributed by atoms with Crippen LogP contribution in [0.25, 0.3) is 0 Å². The molecular weight excluding hydrogens is 214 g/mol. The molecule has 1 fully saturated rings. The number of anilines is 1. The molecule has 94 valence electrons. The summed E-state index contributed by atoms with van der Waals surface area (Å²) in [5.74, 6) is 1.05. The van der Waals surface area contributed by atoms with E-state index in [4.69, 9.17) is 10.5 Å². The van der Waals surface area contributed by atoms with Crippen LogP contribution in [0.5, 0.6) is 0 Å². The van der Waals surface area contributed by atoms with E-state index in [1.807, 2.05) is 13.0 Å². The topological polar surface area (TPSA) is 51.4 Å². The summed E-state index contributed by atoms with van der Waals surface area (Å²) < 4.78 is 5.17. The van der Waals surface area contributed by atoms with Crippen LogP contribution in [-0.4, -0.2) is 31.3 Å². The van der Waals surface area contributed by atoms with Gasteiger partial charge in [0.15, 0.2) is 0 Å². The van der Waals surface area contributed by atoms with E-state index in [1.54, 1.807) is 7.11 Å². The minimum Gasteiger partial charge on any atom is -0.383 e. The van der Waals surface area contributed by atoms with E-state index in [9.17, 15) is 0 Å². The first kappa shape index (κ1) is 12.3. The number of pyridine rings is 1. The molecule has 0 aromatic carbocycles. The van der Waals surface area contributed by atoms with Crippen LogP contribution in [0, 0.1) is 6.92 Å². The molecule has 0 bridgehead atoms. The SMILES string of the molecule is COCCN(c1nc(C)ccc1CN)C1CC1. The van der Waals surface area contributed by atoms with Crippen molar-refractivity contribution in [2.24, 2.45) is 5.73 Å². The standard InChI is InChI=1S/C13H21N3O/c1-10-3-4-11(9-14)13(15-10)16(7-8-17-2)12-5-6-12/h3-4,12H,5-9,14H2,1-2H3. The van der Waals surface area contributed by atoms with E-state index < -0.39 is 0 Å². The third-order valence-electron chi connectivity index (χ3n) is 3.11. The van der Waals surface area contributed by atoms with Gasteiger partial charge < -0.3 is 15.4 Å². The number of ether oxygens (including phenoxy) is 1. The summed E-state index contributed by atoms with van der Waals surface area (Å²) >= 11 is 0. The summed E-state index contributed by atoms with van der Waals surface area (Å²) in [7, 11) is 1.73. The number of nitrogens with zero attached hydrogens (tertiary/aromatic N) is 2. The lowest BCUT2D eigenvalue weighted by atomic mass is 10.2. The van der Waals surface area contributed by atoms with Crippen molar-refractivity contribution < 1.29 is 4.74 Å². The first-order chi connectivity index (χ1) is 8.26. The zero-order valence-electron chi connectivity index (χ0n) is 10.6. The Morgan fingerprint density at radius 1 is 1.47 bits per heavy atom. The number of methoxy groups -OCH3 is 1. The van der Waals surface area contributed by atoms with Crippen LogP contribution in [0.4, 0.5) is 5.82 Å². The molecule has 1 saturated carbocycles. The average Bonchev–Trinajstić information content (AvgIpc) is 3.14. The normalized spacial score (nSPS) is 15.0. The third-order valence-corrected chi connectivity index (χ3v) is 3.11. The maximum Gasteiger partial charge on any atom is 0.133 e. The van der Waals surface area contributed by atoms with E-state index >= 15 is 0 Å². The summed E-state index contributed by atoms with van der Waals surface area (Å²) in [6.07, 6.45) is 2.51. The maximum absolute atomic E-state index is 5.79. The van der Waals surface area contributed by atoms with Crippen molar-refractivity contribution in [2.75, 3.05) is 25.2 Å². The van der Waals surface area contributed by atoms with Crippen molar-refractivity contribution in [1.29, 1.82) is 0 Å². The van der Waals surface area contributed by atoms with Gasteiger partial charge in [0.1, 0.15) is 5.82 Å². The zero-order chi connectivity index (χ0) is 12.3. The lowest BCUT2D eigenvalue weighted by molar-refractivity contribution is 0.204. The fraction of sp³-hybridized carbons (Fsp3) is 0.615. The van der Waals surface area contributed by atoms with Crippen molar-refractivity contribution in [1.82, 2.24) is 4.98 Å². The van der Waals surface area contributed by atoms with Crippen molar-refractivity contribution in [3.8, 4) is 0 Å². The molecule has 0 unspecified atom stereocenters. The lowest BCUT2D eigenvalue weighted by Crippen LogP contribution is -2.31. The number of nitrogens with two attached hydrogens (primary N) is 1. The van der Waals surface area contributed by atoms with Gasteiger partial charge in [0, 0.05) is 37.5 Å². The number of aryl methyl sites for hydroxylation is 1. The van der Waals surface area contributed by atoms with Gasteiger partial charge in [-0.05, 0) is 25.8 Å². The molecule has 1 aromatic heterocycles. The molecule has 1 aliphatic carbocycles. The molecule has 2 N–H and O–H groups in total. The van der Waals surface area contributed by atoms with Crippen LogP contribution in [-0.2, 0) is 11.3 Å².